The first-order chi connectivity index (χ1) is 20.7. The summed E-state index contributed by atoms with van der Waals surface area (Å²) in [6, 6.07) is 9.20. The number of aryl methyl sites for hydroxylation is 1. The fourth-order valence-corrected chi connectivity index (χ4v) is 6.28. The van der Waals surface area contributed by atoms with Gasteiger partial charge >= 0.3 is 0 Å². The fourth-order valence-electron chi connectivity index (χ4n) is 5.73. The van der Waals surface area contributed by atoms with E-state index in [0.29, 0.717) is 23.8 Å². The van der Waals surface area contributed by atoms with Gasteiger partial charge in [-0.15, -0.1) is 0 Å². The van der Waals surface area contributed by atoms with E-state index in [1.165, 1.54) is 7.11 Å². The summed E-state index contributed by atoms with van der Waals surface area (Å²) in [4.78, 5) is 13.6. The van der Waals surface area contributed by atoms with Crippen LogP contribution in [-0.2, 0) is 15.4 Å². The lowest BCUT2D eigenvalue weighted by Crippen LogP contribution is -2.30. The van der Waals surface area contributed by atoms with Crippen LogP contribution in [0.2, 0.25) is 0 Å². The SMILES string of the molecule is COc1c(NC(=O)c2ccc(C)c(N3CC(c4cnn(C5CCNCC5)c4C)N=N3)c2)cc(C(C)(C)C)cc1NS(C)(=O)=O. The molecule has 1 saturated heterocycles. The molecule has 0 saturated carbocycles. The molecule has 0 radical (unpaired) electrons. The van der Waals surface area contributed by atoms with Crippen LogP contribution in [-0.4, -0.2) is 57.1 Å². The van der Waals surface area contributed by atoms with Crippen LogP contribution in [0.25, 0.3) is 0 Å². The van der Waals surface area contributed by atoms with Gasteiger partial charge in [0.1, 0.15) is 6.04 Å². The predicted molar refractivity (Wildman–Crippen MR) is 172 cm³/mol. The van der Waals surface area contributed by atoms with Crippen LogP contribution in [0.3, 0.4) is 0 Å². The highest BCUT2D eigenvalue weighted by atomic mass is 32.2. The quantitative estimate of drug-likeness (QED) is 0.310. The van der Waals surface area contributed by atoms with Gasteiger partial charge < -0.3 is 15.4 Å². The van der Waals surface area contributed by atoms with Gasteiger partial charge in [0.15, 0.2) is 5.75 Å². The van der Waals surface area contributed by atoms with Gasteiger partial charge in [0.2, 0.25) is 10.0 Å². The predicted octanol–water partition coefficient (Wildman–Crippen LogP) is 5.28. The average molecular weight is 623 g/mol. The normalized spacial score (nSPS) is 17.6. The van der Waals surface area contributed by atoms with Gasteiger partial charge in [-0.3, -0.25) is 14.2 Å². The molecule has 2 aliphatic heterocycles. The van der Waals surface area contributed by atoms with Gasteiger partial charge in [0.05, 0.1) is 49.2 Å². The van der Waals surface area contributed by atoms with E-state index in [4.69, 9.17) is 9.84 Å². The number of anilines is 3. The molecule has 12 nitrogen and oxygen atoms in total. The lowest BCUT2D eigenvalue weighted by Gasteiger charge is -2.24. The summed E-state index contributed by atoms with van der Waals surface area (Å²) in [6.07, 6.45) is 5.09. The van der Waals surface area contributed by atoms with Crippen molar-refractivity contribution < 1.29 is 17.9 Å². The molecule has 236 valence electrons. The Morgan fingerprint density at radius 2 is 1.80 bits per heavy atom. The summed E-state index contributed by atoms with van der Waals surface area (Å²) in [5.41, 5.74) is 5.44. The second-order valence-corrected chi connectivity index (χ2v) is 14.3. The number of aromatic nitrogens is 2. The minimum Gasteiger partial charge on any atom is -0.492 e. The van der Waals surface area contributed by atoms with Crippen molar-refractivity contribution in [3.63, 3.8) is 0 Å². The second kappa shape index (κ2) is 12.2. The highest BCUT2D eigenvalue weighted by Crippen LogP contribution is 2.40. The van der Waals surface area contributed by atoms with Crippen LogP contribution in [0.4, 0.5) is 17.1 Å². The van der Waals surface area contributed by atoms with E-state index in [1.807, 2.05) is 51.0 Å². The Kier molecular flexibility index (Phi) is 8.72. The summed E-state index contributed by atoms with van der Waals surface area (Å²) >= 11 is 0. The van der Waals surface area contributed by atoms with Crippen LogP contribution in [0.1, 0.15) is 78.4 Å². The zero-order valence-corrected chi connectivity index (χ0v) is 27.2. The zero-order valence-electron chi connectivity index (χ0n) is 26.4. The molecule has 1 atom stereocenters. The molecule has 1 fully saturated rings. The number of ether oxygens (including phenoxy) is 1. The summed E-state index contributed by atoms with van der Waals surface area (Å²) < 4.78 is 34.4. The maximum Gasteiger partial charge on any atom is 0.255 e. The molecule has 1 aromatic heterocycles. The van der Waals surface area contributed by atoms with Crippen LogP contribution in [0, 0.1) is 13.8 Å². The van der Waals surface area contributed by atoms with Gasteiger partial charge in [-0.2, -0.15) is 10.2 Å². The van der Waals surface area contributed by atoms with Crippen molar-refractivity contribution in [2.45, 2.75) is 65.0 Å². The van der Waals surface area contributed by atoms with E-state index >= 15 is 0 Å². The lowest BCUT2D eigenvalue weighted by atomic mass is 9.86. The molecule has 1 unspecified atom stereocenters. The van der Waals surface area contributed by atoms with Crippen molar-refractivity contribution in [1.82, 2.24) is 15.1 Å². The van der Waals surface area contributed by atoms with Gasteiger partial charge in [0.25, 0.3) is 5.91 Å². The summed E-state index contributed by atoms with van der Waals surface area (Å²) in [7, 11) is -2.16. The number of hydrogen-bond donors (Lipinski definition) is 3. The molecule has 0 bridgehead atoms. The maximum atomic E-state index is 13.6. The molecule has 2 aromatic carbocycles. The molecular formula is C31H42N8O4S. The number of nitrogens with zero attached hydrogens (tertiary/aromatic N) is 5. The van der Waals surface area contributed by atoms with E-state index in [-0.39, 0.29) is 28.8 Å². The highest BCUT2D eigenvalue weighted by Gasteiger charge is 2.29. The third-order valence-corrected chi connectivity index (χ3v) is 8.78. The fraction of sp³-hybridized carbons (Fsp3) is 0.484. The van der Waals surface area contributed by atoms with Gasteiger partial charge in [-0.25, -0.2) is 13.4 Å². The average Bonchev–Trinajstić information content (AvgIpc) is 3.59. The van der Waals surface area contributed by atoms with Crippen molar-refractivity contribution in [2.24, 2.45) is 10.3 Å². The van der Waals surface area contributed by atoms with E-state index in [0.717, 1.165) is 60.3 Å². The number of carbonyl (C=O) groups excluding carboxylic acids is 1. The standard InChI is InChI=1S/C31H42N8O4S/c1-19-8-9-21(30(40)34-25-15-22(31(3,4)5)16-26(29(25)43-6)36-44(7,41)42)14-28(19)38-18-27(35-37-38)24-17-33-39(20(24)2)23-10-12-32-13-11-23/h8-9,14-17,23,27,32,36H,10-13,18H2,1-7H3,(H,34,40). The molecule has 3 N–H and O–H groups in total. The van der Waals surface area contributed by atoms with Gasteiger partial charge in [-0.05, 0) is 80.6 Å². The van der Waals surface area contributed by atoms with Crippen molar-refractivity contribution in [2.75, 3.05) is 48.0 Å². The Bertz CT molecular complexity index is 1690. The first kappa shape index (κ1) is 31.5. The number of benzene rings is 2. The van der Waals surface area contributed by atoms with Gasteiger partial charge in [-0.1, -0.05) is 32.1 Å². The number of amides is 1. The largest absolute Gasteiger partial charge is 0.492 e. The van der Waals surface area contributed by atoms with Crippen molar-refractivity contribution >= 4 is 33.0 Å². The number of piperidine rings is 1. The Balaban J connectivity index is 1.38. The maximum absolute atomic E-state index is 13.6. The number of nitrogens with one attached hydrogen (secondary N) is 3. The number of carbonyl (C=O) groups is 1. The van der Waals surface area contributed by atoms with Crippen molar-refractivity contribution in [1.29, 1.82) is 0 Å². The monoisotopic (exact) mass is 622 g/mol. The Hall–Kier alpha value is -3.97. The van der Waals surface area contributed by atoms with Crippen LogP contribution in [0.15, 0.2) is 46.9 Å². The molecule has 44 heavy (non-hydrogen) atoms. The van der Waals surface area contributed by atoms with Crippen LogP contribution >= 0.6 is 0 Å². The third kappa shape index (κ3) is 6.73. The number of rotatable bonds is 8. The molecule has 1 amide bonds. The molecule has 3 heterocycles. The summed E-state index contributed by atoms with van der Waals surface area (Å²) in [6.45, 7) is 12.6. The smallest absolute Gasteiger partial charge is 0.255 e. The van der Waals surface area contributed by atoms with Crippen LogP contribution < -0.4 is 25.1 Å². The lowest BCUT2D eigenvalue weighted by molar-refractivity contribution is 0.102. The van der Waals surface area contributed by atoms with E-state index < -0.39 is 10.0 Å². The molecule has 0 spiro atoms. The van der Waals surface area contributed by atoms with E-state index in [9.17, 15) is 13.2 Å². The molecule has 13 heteroatoms. The zero-order chi connectivity index (χ0) is 31.8. The minimum absolute atomic E-state index is 0.160. The van der Waals surface area contributed by atoms with Crippen molar-refractivity contribution in [3.8, 4) is 5.75 Å². The molecule has 3 aromatic rings. The Labute approximate surface area is 259 Å². The minimum atomic E-state index is -3.60. The van der Waals surface area contributed by atoms with Crippen molar-refractivity contribution in [3.05, 3.63) is 64.5 Å². The first-order valence-corrected chi connectivity index (χ1v) is 16.7. The molecule has 2 aliphatic rings. The van der Waals surface area contributed by atoms with E-state index in [2.05, 4.69) is 37.3 Å². The topological polar surface area (TPSA) is 142 Å². The second-order valence-electron chi connectivity index (χ2n) is 12.6. The molecule has 5 rings (SSSR count). The molecular weight excluding hydrogens is 580 g/mol. The highest BCUT2D eigenvalue weighted by molar-refractivity contribution is 7.92. The first-order valence-electron chi connectivity index (χ1n) is 14.8. The summed E-state index contributed by atoms with van der Waals surface area (Å²) in [5.74, 6) is -0.145. The third-order valence-electron chi connectivity index (χ3n) is 8.19. The Morgan fingerprint density at radius 3 is 2.45 bits per heavy atom. The number of sulfonamides is 1. The Morgan fingerprint density at radius 1 is 1.09 bits per heavy atom. The van der Waals surface area contributed by atoms with E-state index in [1.54, 1.807) is 18.2 Å². The van der Waals surface area contributed by atoms with Gasteiger partial charge in [0, 0.05) is 16.8 Å². The summed E-state index contributed by atoms with van der Waals surface area (Å²) in [5, 5.41) is 21.9. The number of methoxy groups -OCH3 is 1. The van der Waals surface area contributed by atoms with Crippen LogP contribution in [0.5, 0.6) is 5.75 Å². The molecule has 0 aliphatic carbocycles. The number of hydrogen-bond acceptors (Lipinski definition) is 9.